The van der Waals surface area contributed by atoms with Crippen molar-refractivity contribution in [1.82, 2.24) is 0 Å². The molecular formula is C16H14N2O5. The molecule has 0 spiro atoms. The van der Waals surface area contributed by atoms with Crippen LogP contribution in [0.25, 0.3) is 0 Å². The summed E-state index contributed by atoms with van der Waals surface area (Å²) in [6, 6.07) is 12.3. The molecule has 7 heteroatoms. The number of nitro benzene ring substituents is 1. The van der Waals surface area contributed by atoms with Crippen molar-refractivity contribution in [1.29, 1.82) is 0 Å². The smallest absolute Gasteiger partial charge is 0.273 e. The number of amides is 1. The van der Waals surface area contributed by atoms with Gasteiger partial charge in [0, 0.05) is 11.6 Å². The first-order valence-corrected chi connectivity index (χ1v) is 6.72. The molecule has 0 saturated carbocycles. The monoisotopic (exact) mass is 314 g/mol. The molecule has 118 valence electrons. The number of non-ortho nitro benzene ring substituents is 1. The van der Waals surface area contributed by atoms with Gasteiger partial charge < -0.3 is 10.1 Å². The first-order valence-electron chi connectivity index (χ1n) is 6.72. The van der Waals surface area contributed by atoms with E-state index in [9.17, 15) is 19.7 Å². The molecule has 0 aliphatic rings. The average Bonchev–Trinajstić information content (AvgIpc) is 2.55. The Kier molecular flexibility index (Phi) is 5.03. The second kappa shape index (κ2) is 7.17. The van der Waals surface area contributed by atoms with Crippen molar-refractivity contribution >= 4 is 23.1 Å². The standard InChI is InChI=1S/C16H14N2O5/c1-23-15-9-12(18(21)22)7-8-13(15)17-16(20)10-14(19)11-5-3-2-4-6-11/h2-9H,10H2,1H3,(H,17,20). The number of carbonyl (C=O) groups is 2. The largest absolute Gasteiger partial charge is 0.494 e. The van der Waals surface area contributed by atoms with Gasteiger partial charge in [-0.05, 0) is 6.07 Å². The van der Waals surface area contributed by atoms with Crippen LogP contribution in [0.2, 0.25) is 0 Å². The lowest BCUT2D eigenvalue weighted by Gasteiger charge is -2.09. The van der Waals surface area contributed by atoms with Gasteiger partial charge in [0.25, 0.3) is 5.69 Å². The molecule has 0 heterocycles. The molecule has 0 aliphatic carbocycles. The molecule has 2 rings (SSSR count). The molecule has 0 atom stereocenters. The zero-order valence-corrected chi connectivity index (χ0v) is 12.3. The van der Waals surface area contributed by atoms with E-state index in [0.29, 0.717) is 5.56 Å². The number of nitrogens with one attached hydrogen (secondary N) is 1. The van der Waals surface area contributed by atoms with Gasteiger partial charge in [-0.3, -0.25) is 19.7 Å². The average molecular weight is 314 g/mol. The van der Waals surface area contributed by atoms with Gasteiger partial charge in [-0.2, -0.15) is 0 Å². The van der Waals surface area contributed by atoms with E-state index in [-0.39, 0.29) is 29.3 Å². The first-order chi connectivity index (χ1) is 11.0. The van der Waals surface area contributed by atoms with Crippen LogP contribution in [0.3, 0.4) is 0 Å². The fraction of sp³-hybridized carbons (Fsp3) is 0.125. The number of nitro groups is 1. The van der Waals surface area contributed by atoms with E-state index in [4.69, 9.17) is 4.74 Å². The number of hydrogen-bond donors (Lipinski definition) is 1. The van der Waals surface area contributed by atoms with Gasteiger partial charge >= 0.3 is 0 Å². The van der Waals surface area contributed by atoms with Crippen molar-refractivity contribution in [2.45, 2.75) is 6.42 Å². The molecule has 0 fully saturated rings. The predicted molar refractivity (Wildman–Crippen MR) is 83.7 cm³/mol. The zero-order chi connectivity index (χ0) is 16.8. The number of benzene rings is 2. The Balaban J connectivity index is 2.08. The van der Waals surface area contributed by atoms with E-state index in [1.165, 1.54) is 25.3 Å². The van der Waals surface area contributed by atoms with Gasteiger partial charge in [0.05, 0.1) is 30.2 Å². The zero-order valence-electron chi connectivity index (χ0n) is 12.3. The lowest BCUT2D eigenvalue weighted by Crippen LogP contribution is -2.17. The van der Waals surface area contributed by atoms with Gasteiger partial charge in [0.2, 0.25) is 5.91 Å². The van der Waals surface area contributed by atoms with Crippen molar-refractivity contribution in [3.63, 3.8) is 0 Å². The Hall–Kier alpha value is -3.22. The van der Waals surface area contributed by atoms with Crippen LogP contribution in [0.15, 0.2) is 48.5 Å². The summed E-state index contributed by atoms with van der Waals surface area (Å²) in [5, 5.41) is 13.2. The Morgan fingerprint density at radius 3 is 2.48 bits per heavy atom. The number of ether oxygens (including phenoxy) is 1. The molecule has 0 bridgehead atoms. The van der Waals surface area contributed by atoms with Crippen molar-refractivity contribution in [3.8, 4) is 5.75 Å². The number of Topliss-reactive ketones (excluding diaryl/α,β-unsaturated/α-hetero) is 1. The van der Waals surface area contributed by atoms with Crippen LogP contribution >= 0.6 is 0 Å². The van der Waals surface area contributed by atoms with E-state index >= 15 is 0 Å². The third-order valence-corrected chi connectivity index (χ3v) is 3.09. The van der Waals surface area contributed by atoms with Crippen LogP contribution in [0.5, 0.6) is 5.75 Å². The summed E-state index contributed by atoms with van der Waals surface area (Å²) in [5.41, 5.74) is 0.558. The molecule has 0 aliphatic heterocycles. The van der Waals surface area contributed by atoms with Crippen molar-refractivity contribution in [2.75, 3.05) is 12.4 Å². The highest BCUT2D eigenvalue weighted by Crippen LogP contribution is 2.29. The van der Waals surface area contributed by atoms with Crippen LogP contribution in [0.4, 0.5) is 11.4 Å². The topological polar surface area (TPSA) is 98.5 Å². The summed E-state index contributed by atoms with van der Waals surface area (Å²) in [4.78, 5) is 34.1. The van der Waals surface area contributed by atoms with Crippen LogP contribution in [-0.2, 0) is 4.79 Å². The second-order valence-electron chi connectivity index (χ2n) is 4.66. The molecule has 0 saturated heterocycles. The maximum atomic E-state index is 12.0. The number of methoxy groups -OCH3 is 1. The van der Waals surface area contributed by atoms with Gasteiger partial charge in [0.1, 0.15) is 5.75 Å². The van der Waals surface area contributed by atoms with E-state index in [1.807, 2.05) is 0 Å². The van der Waals surface area contributed by atoms with E-state index in [1.54, 1.807) is 30.3 Å². The van der Waals surface area contributed by atoms with Crippen molar-refractivity contribution in [2.24, 2.45) is 0 Å². The van der Waals surface area contributed by atoms with Crippen LogP contribution in [0.1, 0.15) is 16.8 Å². The maximum absolute atomic E-state index is 12.0. The van der Waals surface area contributed by atoms with E-state index in [0.717, 1.165) is 0 Å². The van der Waals surface area contributed by atoms with Crippen LogP contribution in [-0.4, -0.2) is 23.7 Å². The molecule has 1 N–H and O–H groups in total. The number of carbonyl (C=O) groups excluding carboxylic acids is 2. The SMILES string of the molecule is COc1cc([N+](=O)[O-])ccc1NC(=O)CC(=O)c1ccccc1. The number of ketones is 1. The van der Waals surface area contributed by atoms with Gasteiger partial charge in [-0.1, -0.05) is 30.3 Å². The summed E-state index contributed by atoms with van der Waals surface area (Å²) < 4.78 is 5.02. The van der Waals surface area contributed by atoms with E-state index < -0.39 is 10.8 Å². The number of anilines is 1. The normalized spacial score (nSPS) is 9.96. The van der Waals surface area contributed by atoms with Gasteiger partial charge in [-0.25, -0.2) is 0 Å². The highest BCUT2D eigenvalue weighted by molar-refractivity contribution is 6.11. The summed E-state index contributed by atoms with van der Waals surface area (Å²) in [5.74, 6) is -0.685. The fourth-order valence-corrected chi connectivity index (χ4v) is 1.96. The van der Waals surface area contributed by atoms with Gasteiger partial charge in [-0.15, -0.1) is 0 Å². The summed E-state index contributed by atoms with van der Waals surface area (Å²) in [6.07, 6.45) is -0.329. The summed E-state index contributed by atoms with van der Waals surface area (Å²) in [7, 11) is 1.34. The van der Waals surface area contributed by atoms with E-state index in [2.05, 4.69) is 5.32 Å². The van der Waals surface area contributed by atoms with Crippen LogP contribution in [0, 0.1) is 10.1 Å². The minimum absolute atomic E-state index is 0.153. The number of rotatable bonds is 6. The Morgan fingerprint density at radius 1 is 1.17 bits per heavy atom. The molecule has 0 unspecified atom stereocenters. The van der Waals surface area contributed by atoms with Crippen molar-refractivity contribution < 1.29 is 19.2 Å². The Labute approximate surface area is 132 Å². The maximum Gasteiger partial charge on any atom is 0.273 e. The lowest BCUT2D eigenvalue weighted by atomic mass is 10.1. The third kappa shape index (κ3) is 4.13. The predicted octanol–water partition coefficient (Wildman–Crippen LogP) is 2.81. The molecule has 1 amide bonds. The first kappa shape index (κ1) is 16.2. The third-order valence-electron chi connectivity index (χ3n) is 3.09. The lowest BCUT2D eigenvalue weighted by molar-refractivity contribution is -0.384. The molecule has 7 nitrogen and oxygen atoms in total. The number of nitrogens with zero attached hydrogens (tertiary/aromatic N) is 1. The highest BCUT2D eigenvalue weighted by Gasteiger charge is 2.16. The molecule has 0 radical (unpaired) electrons. The molecule has 2 aromatic rings. The molecule has 2 aromatic carbocycles. The minimum Gasteiger partial charge on any atom is -0.494 e. The summed E-state index contributed by atoms with van der Waals surface area (Å²) >= 11 is 0. The minimum atomic E-state index is -0.562. The Morgan fingerprint density at radius 2 is 1.87 bits per heavy atom. The fourth-order valence-electron chi connectivity index (χ4n) is 1.96. The Bertz CT molecular complexity index is 743. The quantitative estimate of drug-likeness (QED) is 0.382. The van der Waals surface area contributed by atoms with Gasteiger partial charge in [0.15, 0.2) is 5.78 Å². The summed E-state index contributed by atoms with van der Waals surface area (Å²) in [6.45, 7) is 0. The highest BCUT2D eigenvalue weighted by atomic mass is 16.6. The molecular weight excluding hydrogens is 300 g/mol. The van der Waals surface area contributed by atoms with Crippen molar-refractivity contribution in [3.05, 3.63) is 64.2 Å². The molecule has 0 aromatic heterocycles. The van der Waals surface area contributed by atoms with Crippen LogP contribution < -0.4 is 10.1 Å². The second-order valence-corrected chi connectivity index (χ2v) is 4.66. The molecule has 23 heavy (non-hydrogen) atoms. The number of hydrogen-bond acceptors (Lipinski definition) is 5.